The molecule has 0 heterocycles. The zero-order valence-electron chi connectivity index (χ0n) is 17.6. The van der Waals surface area contributed by atoms with Gasteiger partial charge in [-0.25, -0.2) is 4.39 Å². The summed E-state index contributed by atoms with van der Waals surface area (Å²) in [5, 5.41) is 14.5. The van der Waals surface area contributed by atoms with E-state index >= 15 is 0 Å². The lowest BCUT2D eigenvalue weighted by Gasteiger charge is -2.11. The Balaban J connectivity index is 1.51. The van der Waals surface area contributed by atoms with Gasteiger partial charge in [-0.1, -0.05) is 29.3 Å². The summed E-state index contributed by atoms with van der Waals surface area (Å²) in [5.74, 6) is -3.08. The summed E-state index contributed by atoms with van der Waals surface area (Å²) in [6.07, 6.45) is 0. The molecule has 0 saturated heterocycles. The molecule has 3 aromatic carbocycles. The van der Waals surface area contributed by atoms with Gasteiger partial charge in [0.25, 0.3) is 5.91 Å². The molecule has 178 valence electrons. The third kappa shape index (κ3) is 5.02. The lowest BCUT2D eigenvalue weighted by atomic mass is 10.1. The first-order valence-corrected chi connectivity index (χ1v) is 11.6. The number of nitrogens with two attached hydrogens (primary N) is 1. The SMILES string of the molecule is N#Cc1cc(NC(=O)c2cc(NC(=O)C3C(c4ccc(F)c(Cl)c4)C3(Cl)Cl)ccc2Cl)ccc1N. The molecule has 4 N–H and O–H groups in total. The summed E-state index contributed by atoms with van der Waals surface area (Å²) < 4.78 is 12.1. The molecule has 35 heavy (non-hydrogen) atoms. The van der Waals surface area contributed by atoms with Gasteiger partial charge in [-0.2, -0.15) is 5.26 Å². The van der Waals surface area contributed by atoms with Gasteiger partial charge in [-0.05, 0) is 54.1 Å². The number of hydrogen-bond donors (Lipinski definition) is 3. The van der Waals surface area contributed by atoms with Crippen LogP contribution < -0.4 is 16.4 Å². The highest BCUT2D eigenvalue weighted by molar-refractivity contribution is 6.53. The van der Waals surface area contributed by atoms with E-state index < -0.39 is 33.8 Å². The number of amides is 2. The first kappa shape index (κ1) is 25.1. The van der Waals surface area contributed by atoms with Gasteiger partial charge in [0.1, 0.15) is 16.2 Å². The molecule has 2 amide bonds. The Morgan fingerprint density at radius 1 is 0.971 bits per heavy atom. The van der Waals surface area contributed by atoms with Gasteiger partial charge in [-0.3, -0.25) is 9.59 Å². The number of carbonyl (C=O) groups is 2. The number of halogens is 5. The molecule has 2 atom stereocenters. The number of benzene rings is 3. The maximum absolute atomic E-state index is 13.5. The second-order valence-corrected chi connectivity index (χ2v) is 10.1. The van der Waals surface area contributed by atoms with E-state index in [1.54, 1.807) is 6.07 Å². The molecule has 0 bridgehead atoms. The monoisotopic (exact) mass is 550 g/mol. The Hall–Kier alpha value is -3.02. The minimum Gasteiger partial charge on any atom is -0.398 e. The van der Waals surface area contributed by atoms with Gasteiger partial charge in [0, 0.05) is 23.0 Å². The summed E-state index contributed by atoms with van der Waals surface area (Å²) in [4.78, 5) is 25.7. The largest absolute Gasteiger partial charge is 0.398 e. The summed E-state index contributed by atoms with van der Waals surface area (Å²) in [7, 11) is 0. The van der Waals surface area contributed by atoms with Crippen LogP contribution in [0.15, 0.2) is 54.6 Å². The Labute approximate surface area is 219 Å². The Bertz CT molecular complexity index is 1410. The zero-order chi connectivity index (χ0) is 25.5. The molecule has 0 aromatic heterocycles. The number of nitrogens with zero attached hydrogens (tertiary/aromatic N) is 1. The highest BCUT2D eigenvalue weighted by Gasteiger charge is 2.67. The van der Waals surface area contributed by atoms with Crippen LogP contribution in [0.3, 0.4) is 0 Å². The van der Waals surface area contributed by atoms with Gasteiger partial charge in [0.05, 0.1) is 27.1 Å². The van der Waals surface area contributed by atoms with Crippen LogP contribution in [0.25, 0.3) is 0 Å². The van der Waals surface area contributed by atoms with Crippen molar-refractivity contribution in [2.24, 2.45) is 5.92 Å². The van der Waals surface area contributed by atoms with Gasteiger partial charge in [0.15, 0.2) is 0 Å². The second kappa shape index (κ2) is 9.56. The van der Waals surface area contributed by atoms with Gasteiger partial charge in [-0.15, -0.1) is 23.2 Å². The minimum atomic E-state index is -1.41. The minimum absolute atomic E-state index is 0.0838. The zero-order valence-corrected chi connectivity index (χ0v) is 20.6. The first-order valence-electron chi connectivity index (χ1n) is 10.1. The van der Waals surface area contributed by atoms with Crippen molar-refractivity contribution in [1.82, 2.24) is 0 Å². The van der Waals surface area contributed by atoms with Crippen molar-refractivity contribution in [1.29, 1.82) is 5.26 Å². The number of carbonyl (C=O) groups excluding carboxylic acids is 2. The van der Waals surface area contributed by atoms with E-state index in [4.69, 9.17) is 57.4 Å². The van der Waals surface area contributed by atoms with E-state index in [0.29, 0.717) is 11.3 Å². The van der Waals surface area contributed by atoms with E-state index in [9.17, 15) is 14.0 Å². The van der Waals surface area contributed by atoms with E-state index in [1.165, 1.54) is 48.5 Å². The molecule has 6 nitrogen and oxygen atoms in total. The standard InChI is InChI=1S/C24H15Cl4FN4O2/c25-16-4-2-14(9-15(16)22(34)32-13-3-6-19(31)12(7-13)10-30)33-23(35)21-20(24(21,27)28)11-1-5-18(29)17(26)8-11/h1-9,20-21H,31H2,(H,32,34)(H,33,35). The first-order chi connectivity index (χ1) is 16.5. The van der Waals surface area contributed by atoms with Crippen LogP contribution in [-0.4, -0.2) is 16.1 Å². The van der Waals surface area contributed by atoms with Crippen LogP contribution in [0.1, 0.15) is 27.4 Å². The van der Waals surface area contributed by atoms with Crippen LogP contribution >= 0.6 is 46.4 Å². The predicted molar refractivity (Wildman–Crippen MR) is 136 cm³/mol. The van der Waals surface area contributed by atoms with Crippen molar-refractivity contribution in [3.8, 4) is 6.07 Å². The van der Waals surface area contributed by atoms with Crippen molar-refractivity contribution in [2.75, 3.05) is 16.4 Å². The Kier molecular flexibility index (Phi) is 6.85. The normalized spacial score (nSPS) is 17.8. The second-order valence-electron chi connectivity index (χ2n) is 7.86. The molecule has 2 unspecified atom stereocenters. The third-order valence-corrected chi connectivity index (χ3v) is 7.11. The average molecular weight is 552 g/mol. The number of anilines is 3. The number of nitriles is 1. The average Bonchev–Trinajstić information content (AvgIpc) is 3.40. The molecule has 1 aliphatic carbocycles. The number of nitrogens with one attached hydrogen (secondary N) is 2. The predicted octanol–water partition coefficient (Wildman–Crippen LogP) is 6.36. The highest BCUT2D eigenvalue weighted by atomic mass is 35.5. The number of rotatable bonds is 5. The van der Waals surface area contributed by atoms with E-state index in [1.807, 2.05) is 6.07 Å². The fourth-order valence-electron chi connectivity index (χ4n) is 3.70. The van der Waals surface area contributed by atoms with Crippen LogP contribution in [0, 0.1) is 23.1 Å². The molecule has 4 rings (SSSR count). The van der Waals surface area contributed by atoms with Crippen LogP contribution in [0.5, 0.6) is 0 Å². The van der Waals surface area contributed by atoms with E-state index in [2.05, 4.69) is 10.6 Å². The van der Waals surface area contributed by atoms with Crippen molar-refractivity contribution < 1.29 is 14.0 Å². The lowest BCUT2D eigenvalue weighted by molar-refractivity contribution is -0.117. The van der Waals surface area contributed by atoms with E-state index in [0.717, 1.165) is 0 Å². The maximum atomic E-state index is 13.5. The van der Waals surface area contributed by atoms with Crippen molar-refractivity contribution in [3.05, 3.63) is 87.2 Å². The molecular formula is C24H15Cl4FN4O2. The quantitative estimate of drug-likeness (QED) is 0.253. The van der Waals surface area contributed by atoms with Crippen molar-refractivity contribution in [2.45, 2.75) is 10.3 Å². The molecular weight excluding hydrogens is 537 g/mol. The number of nitrogen functional groups attached to an aromatic ring is 1. The van der Waals surface area contributed by atoms with Crippen molar-refractivity contribution in [3.63, 3.8) is 0 Å². The summed E-state index contributed by atoms with van der Waals surface area (Å²) in [6.45, 7) is 0. The number of alkyl halides is 2. The van der Waals surface area contributed by atoms with Gasteiger partial charge < -0.3 is 16.4 Å². The fraction of sp³-hybridized carbons (Fsp3) is 0.125. The highest BCUT2D eigenvalue weighted by Crippen LogP contribution is 2.65. The summed E-state index contributed by atoms with van der Waals surface area (Å²) in [5.41, 5.74) is 7.43. The Morgan fingerprint density at radius 3 is 2.34 bits per heavy atom. The van der Waals surface area contributed by atoms with Crippen LogP contribution in [0.2, 0.25) is 10.0 Å². The third-order valence-electron chi connectivity index (χ3n) is 5.55. The summed E-state index contributed by atoms with van der Waals surface area (Å²) >= 11 is 24.7. The smallest absolute Gasteiger partial charge is 0.257 e. The topological polar surface area (TPSA) is 108 Å². The molecule has 0 radical (unpaired) electrons. The van der Waals surface area contributed by atoms with Crippen molar-refractivity contribution >= 4 is 75.3 Å². The molecule has 0 spiro atoms. The molecule has 1 saturated carbocycles. The van der Waals surface area contributed by atoms with Gasteiger partial charge in [0.2, 0.25) is 5.91 Å². The molecule has 1 fully saturated rings. The lowest BCUT2D eigenvalue weighted by Crippen LogP contribution is -2.18. The van der Waals surface area contributed by atoms with Crippen LogP contribution in [0.4, 0.5) is 21.5 Å². The molecule has 11 heteroatoms. The summed E-state index contributed by atoms with van der Waals surface area (Å²) in [6, 6.07) is 14.8. The van der Waals surface area contributed by atoms with E-state index in [-0.39, 0.29) is 32.5 Å². The molecule has 1 aliphatic rings. The van der Waals surface area contributed by atoms with Crippen LogP contribution in [-0.2, 0) is 4.79 Å². The number of hydrogen-bond acceptors (Lipinski definition) is 4. The molecule has 0 aliphatic heterocycles. The van der Waals surface area contributed by atoms with Gasteiger partial charge >= 0.3 is 0 Å². The molecule has 3 aromatic rings. The maximum Gasteiger partial charge on any atom is 0.257 e. The Morgan fingerprint density at radius 2 is 1.66 bits per heavy atom. The fourth-order valence-corrected chi connectivity index (χ4v) is 4.92.